The molecule has 0 heterocycles. The van der Waals surface area contributed by atoms with Gasteiger partial charge >= 0.3 is 0 Å². The minimum Gasteiger partial charge on any atom is -0.280 e. The molecule has 0 aliphatic heterocycles. The molecule has 0 aliphatic rings. The summed E-state index contributed by atoms with van der Waals surface area (Å²) in [6, 6.07) is 6.33. The minimum atomic E-state index is -0.201. The third-order valence-electron chi connectivity index (χ3n) is 1.24. The van der Waals surface area contributed by atoms with Gasteiger partial charge in [-0.1, -0.05) is 12.1 Å². The lowest BCUT2D eigenvalue weighted by Crippen LogP contribution is -2.64. The van der Waals surface area contributed by atoms with Crippen molar-refractivity contribution in [3.8, 4) is 0 Å². The second-order valence-corrected chi connectivity index (χ2v) is 2.05. The smallest absolute Gasteiger partial charge is 0.123 e. The summed E-state index contributed by atoms with van der Waals surface area (Å²) in [7, 11) is 0. The highest BCUT2D eigenvalue weighted by atomic mass is 19.1. The minimum absolute atomic E-state index is 0.201. The van der Waals surface area contributed by atoms with E-state index in [9.17, 15) is 4.39 Å². The molecule has 0 amide bonds. The first-order chi connectivity index (χ1) is 4.83. The van der Waals surface area contributed by atoms with Crippen LogP contribution in [0.5, 0.6) is 0 Å². The zero-order valence-corrected chi connectivity index (χ0v) is 5.60. The van der Waals surface area contributed by atoms with Gasteiger partial charge in [-0.25, -0.2) is 4.39 Å². The summed E-state index contributed by atoms with van der Waals surface area (Å²) in [6.07, 6.45) is 0. The third kappa shape index (κ3) is 1.79. The Kier molecular flexibility index (Phi) is 2.36. The van der Waals surface area contributed by atoms with Crippen LogP contribution in [-0.4, -0.2) is 0 Å². The van der Waals surface area contributed by atoms with Crippen LogP contribution in [0.25, 0.3) is 0 Å². The maximum atomic E-state index is 12.3. The monoisotopic (exact) mass is 141 g/mol. The van der Waals surface area contributed by atoms with Gasteiger partial charge in [0.25, 0.3) is 0 Å². The predicted octanol–water partition coefficient (Wildman–Crippen LogP) is 0.0722. The molecule has 0 unspecified atom stereocenters. The van der Waals surface area contributed by atoms with Crippen molar-refractivity contribution in [2.45, 2.75) is 6.54 Å². The number of nitrogens with one attached hydrogen (secondary N) is 1. The van der Waals surface area contributed by atoms with E-state index in [-0.39, 0.29) is 5.82 Å². The van der Waals surface area contributed by atoms with Crippen molar-refractivity contribution in [3.63, 3.8) is 0 Å². The molecule has 0 spiro atoms. The summed E-state index contributed by atoms with van der Waals surface area (Å²) in [6.45, 7) is 0.681. The summed E-state index contributed by atoms with van der Waals surface area (Å²) >= 11 is 0. The van der Waals surface area contributed by atoms with Crippen LogP contribution in [0, 0.1) is 5.82 Å². The number of hydrogen-bond acceptors (Lipinski definition) is 1. The van der Waals surface area contributed by atoms with Crippen LogP contribution in [0.15, 0.2) is 24.3 Å². The molecule has 4 N–H and O–H groups in total. The van der Waals surface area contributed by atoms with Crippen molar-refractivity contribution in [2.75, 3.05) is 0 Å². The summed E-state index contributed by atoms with van der Waals surface area (Å²) in [5.41, 5.74) is 3.77. The van der Waals surface area contributed by atoms with Gasteiger partial charge in [0.2, 0.25) is 0 Å². The standard InChI is InChI=1S/C7H9FN2/c8-7-3-1-6(2-4-7)5-10-9/h1-4,10H,5,9H2/p+1. The molecule has 0 aromatic heterocycles. The molecule has 0 saturated heterocycles. The van der Waals surface area contributed by atoms with Crippen LogP contribution in [-0.2, 0) is 6.54 Å². The van der Waals surface area contributed by atoms with Crippen molar-refractivity contribution >= 4 is 0 Å². The SMILES string of the molecule is [NH3+]NCc1ccc(F)cc1. The Hall–Kier alpha value is -0.930. The Labute approximate surface area is 58.8 Å². The Morgan fingerprint density at radius 1 is 1.30 bits per heavy atom. The molecule has 10 heavy (non-hydrogen) atoms. The van der Waals surface area contributed by atoms with Crippen molar-refractivity contribution in [3.05, 3.63) is 35.6 Å². The number of rotatable bonds is 2. The fourth-order valence-corrected chi connectivity index (χ4v) is 0.747. The number of benzene rings is 1. The van der Waals surface area contributed by atoms with Crippen molar-refractivity contribution in [1.29, 1.82) is 0 Å². The van der Waals surface area contributed by atoms with Gasteiger partial charge in [0, 0.05) is 0 Å². The topological polar surface area (TPSA) is 39.7 Å². The van der Waals surface area contributed by atoms with Gasteiger partial charge in [0.1, 0.15) is 5.82 Å². The Morgan fingerprint density at radius 3 is 2.40 bits per heavy atom. The lowest BCUT2D eigenvalue weighted by atomic mass is 10.2. The molecular formula is C7H10FN2+. The van der Waals surface area contributed by atoms with Gasteiger partial charge in [0.15, 0.2) is 0 Å². The molecular weight excluding hydrogens is 131 g/mol. The van der Waals surface area contributed by atoms with Crippen molar-refractivity contribution in [2.24, 2.45) is 0 Å². The lowest BCUT2D eigenvalue weighted by Gasteiger charge is -1.95. The maximum absolute atomic E-state index is 12.3. The number of halogens is 1. The second kappa shape index (κ2) is 3.29. The number of hydrogen-bond donors (Lipinski definition) is 2. The molecule has 1 aromatic rings. The van der Waals surface area contributed by atoms with Gasteiger partial charge in [-0.3, -0.25) is 5.84 Å². The van der Waals surface area contributed by atoms with Crippen molar-refractivity contribution < 1.29 is 10.2 Å². The van der Waals surface area contributed by atoms with Gasteiger partial charge < -0.3 is 0 Å². The zero-order chi connectivity index (χ0) is 7.40. The van der Waals surface area contributed by atoms with E-state index in [0.717, 1.165) is 5.56 Å². The summed E-state index contributed by atoms with van der Waals surface area (Å²) in [5.74, 6) is 3.26. The van der Waals surface area contributed by atoms with E-state index >= 15 is 0 Å². The van der Waals surface area contributed by atoms with Gasteiger partial charge in [-0.15, -0.1) is 0 Å². The molecule has 0 atom stereocenters. The van der Waals surface area contributed by atoms with Gasteiger partial charge in [-0.2, -0.15) is 5.43 Å². The van der Waals surface area contributed by atoms with Gasteiger partial charge in [-0.05, 0) is 17.7 Å². The van der Waals surface area contributed by atoms with Crippen molar-refractivity contribution in [1.82, 2.24) is 5.43 Å². The molecule has 0 bridgehead atoms. The average molecular weight is 141 g/mol. The second-order valence-electron chi connectivity index (χ2n) is 2.05. The summed E-state index contributed by atoms with van der Waals surface area (Å²) < 4.78 is 12.3. The molecule has 0 aliphatic carbocycles. The Bertz CT molecular complexity index is 195. The van der Waals surface area contributed by atoms with E-state index in [0.29, 0.717) is 6.54 Å². The molecule has 0 fully saturated rings. The summed E-state index contributed by atoms with van der Waals surface area (Å²) in [5, 5.41) is 0. The third-order valence-corrected chi connectivity index (χ3v) is 1.24. The predicted molar refractivity (Wildman–Crippen MR) is 36.1 cm³/mol. The first kappa shape index (κ1) is 7.18. The zero-order valence-electron chi connectivity index (χ0n) is 5.60. The average Bonchev–Trinajstić information content (AvgIpc) is 1.95. The normalized spacial score (nSPS) is 9.80. The maximum Gasteiger partial charge on any atom is 0.123 e. The van der Waals surface area contributed by atoms with Crippen LogP contribution in [0.3, 0.4) is 0 Å². The van der Waals surface area contributed by atoms with Crippen LogP contribution in [0.1, 0.15) is 5.56 Å². The summed E-state index contributed by atoms with van der Waals surface area (Å²) in [4.78, 5) is 0. The Balaban J connectivity index is 2.69. The molecule has 1 aromatic carbocycles. The van der Waals surface area contributed by atoms with Crippen LogP contribution in [0.2, 0.25) is 0 Å². The molecule has 2 nitrogen and oxygen atoms in total. The van der Waals surface area contributed by atoms with Crippen LogP contribution >= 0.6 is 0 Å². The lowest BCUT2D eigenvalue weighted by molar-refractivity contribution is -0.446. The van der Waals surface area contributed by atoms with E-state index in [1.54, 1.807) is 12.1 Å². The van der Waals surface area contributed by atoms with E-state index in [4.69, 9.17) is 0 Å². The molecule has 1 rings (SSSR count). The molecule has 3 heteroatoms. The largest absolute Gasteiger partial charge is 0.280 e. The highest BCUT2D eigenvalue weighted by molar-refractivity contribution is 5.15. The van der Waals surface area contributed by atoms with E-state index in [1.165, 1.54) is 12.1 Å². The van der Waals surface area contributed by atoms with E-state index in [2.05, 4.69) is 11.3 Å². The van der Waals surface area contributed by atoms with E-state index in [1.807, 2.05) is 0 Å². The highest BCUT2D eigenvalue weighted by Gasteiger charge is 1.90. The van der Waals surface area contributed by atoms with E-state index < -0.39 is 0 Å². The molecule has 0 saturated carbocycles. The quantitative estimate of drug-likeness (QED) is 0.562. The first-order valence-corrected chi connectivity index (χ1v) is 3.07. The highest BCUT2D eigenvalue weighted by Crippen LogP contribution is 2.00. The molecule has 54 valence electrons. The fraction of sp³-hybridized carbons (Fsp3) is 0.143. The van der Waals surface area contributed by atoms with Crippen LogP contribution in [0.4, 0.5) is 4.39 Å². The number of quaternary nitrogens is 1. The molecule has 0 radical (unpaired) electrons. The Morgan fingerprint density at radius 2 is 1.90 bits per heavy atom. The van der Waals surface area contributed by atoms with Crippen LogP contribution < -0.4 is 11.3 Å². The first-order valence-electron chi connectivity index (χ1n) is 3.07. The fourth-order valence-electron chi connectivity index (χ4n) is 0.747. The van der Waals surface area contributed by atoms with Gasteiger partial charge in [0.05, 0.1) is 6.54 Å².